The minimum Gasteiger partial charge on any atom is -0.334 e. The number of para-hydroxylation sites is 1. The predicted octanol–water partition coefficient (Wildman–Crippen LogP) is 4.87. The van der Waals surface area contributed by atoms with Crippen molar-refractivity contribution in [2.45, 2.75) is 13.5 Å². The predicted molar refractivity (Wildman–Crippen MR) is 122 cm³/mol. The van der Waals surface area contributed by atoms with Crippen molar-refractivity contribution in [3.8, 4) is 0 Å². The number of urea groups is 1. The van der Waals surface area contributed by atoms with Crippen LogP contribution in [0.25, 0.3) is 5.65 Å². The van der Waals surface area contributed by atoms with Gasteiger partial charge in [0.2, 0.25) is 0 Å². The summed E-state index contributed by atoms with van der Waals surface area (Å²) in [5, 5.41) is 9.02. The van der Waals surface area contributed by atoms with E-state index in [0.29, 0.717) is 34.3 Å². The Kier molecular flexibility index (Phi) is 5.86. The van der Waals surface area contributed by atoms with Crippen LogP contribution in [0.3, 0.4) is 0 Å². The third-order valence-electron chi connectivity index (χ3n) is 4.74. The van der Waals surface area contributed by atoms with Crippen molar-refractivity contribution in [2.75, 3.05) is 10.6 Å². The van der Waals surface area contributed by atoms with Gasteiger partial charge in [0.25, 0.3) is 5.91 Å². The third kappa shape index (κ3) is 4.84. The maximum Gasteiger partial charge on any atom is 0.319 e. The van der Waals surface area contributed by atoms with E-state index in [9.17, 15) is 9.59 Å². The number of nitrogens with zero attached hydrogens (tertiary/aromatic N) is 2. The van der Waals surface area contributed by atoms with E-state index in [1.807, 2.05) is 55.5 Å². The van der Waals surface area contributed by atoms with Gasteiger partial charge in [-0.05, 0) is 48.4 Å². The standard InChI is InChI=1S/C23H20ClN5O2/c1-15-7-8-16(12-26-23(31)27-18-5-3-2-4-6-18)11-19(15)28-22(30)20-13-25-21-10-9-17(24)14-29(20)21/h2-11,13-14H,12H2,1H3,(H,28,30)(H2,26,27,31). The van der Waals surface area contributed by atoms with Gasteiger partial charge in [-0.1, -0.05) is 41.9 Å². The molecular formula is C23H20ClN5O2. The number of carbonyl (C=O) groups excluding carboxylic acids is 2. The number of pyridine rings is 1. The number of aryl methyl sites for hydroxylation is 1. The van der Waals surface area contributed by atoms with E-state index >= 15 is 0 Å². The number of anilines is 2. The molecule has 0 aliphatic heterocycles. The van der Waals surface area contributed by atoms with Gasteiger partial charge in [0.05, 0.1) is 11.2 Å². The van der Waals surface area contributed by atoms with Gasteiger partial charge >= 0.3 is 6.03 Å². The number of aromatic nitrogens is 2. The van der Waals surface area contributed by atoms with E-state index in [1.165, 1.54) is 6.20 Å². The lowest BCUT2D eigenvalue weighted by Crippen LogP contribution is -2.28. The summed E-state index contributed by atoms with van der Waals surface area (Å²) in [6.07, 6.45) is 3.16. The van der Waals surface area contributed by atoms with E-state index in [4.69, 9.17) is 11.6 Å². The van der Waals surface area contributed by atoms with Crippen LogP contribution >= 0.6 is 11.6 Å². The average Bonchev–Trinajstić information content (AvgIpc) is 3.18. The van der Waals surface area contributed by atoms with Crippen molar-refractivity contribution in [1.29, 1.82) is 0 Å². The minimum absolute atomic E-state index is 0.301. The Morgan fingerprint density at radius 3 is 2.65 bits per heavy atom. The number of nitrogens with one attached hydrogen (secondary N) is 3. The molecule has 0 saturated heterocycles. The summed E-state index contributed by atoms with van der Waals surface area (Å²) in [5.74, 6) is -0.301. The summed E-state index contributed by atoms with van der Waals surface area (Å²) in [5.41, 5.74) is 4.13. The molecule has 0 unspecified atom stereocenters. The van der Waals surface area contributed by atoms with Gasteiger partial charge in [-0.15, -0.1) is 0 Å². The summed E-state index contributed by atoms with van der Waals surface area (Å²) in [6.45, 7) is 2.22. The third-order valence-corrected chi connectivity index (χ3v) is 4.96. The van der Waals surface area contributed by atoms with Gasteiger partial charge in [-0.25, -0.2) is 9.78 Å². The van der Waals surface area contributed by atoms with Crippen LogP contribution in [0, 0.1) is 6.92 Å². The Hall–Kier alpha value is -3.84. The van der Waals surface area contributed by atoms with Crippen molar-refractivity contribution < 1.29 is 9.59 Å². The monoisotopic (exact) mass is 433 g/mol. The number of halogens is 1. The van der Waals surface area contributed by atoms with Crippen LogP contribution in [0.15, 0.2) is 73.1 Å². The first-order chi connectivity index (χ1) is 15.0. The molecule has 3 N–H and O–H groups in total. The summed E-state index contributed by atoms with van der Waals surface area (Å²) in [4.78, 5) is 29.2. The molecule has 2 aromatic carbocycles. The SMILES string of the molecule is Cc1ccc(CNC(=O)Nc2ccccc2)cc1NC(=O)c1cnc2ccc(Cl)cn12. The second kappa shape index (κ2) is 8.89. The molecule has 8 heteroatoms. The Balaban J connectivity index is 1.44. The number of hydrogen-bond donors (Lipinski definition) is 3. The molecule has 4 aromatic rings. The number of amides is 3. The van der Waals surface area contributed by atoms with Crippen molar-refractivity contribution >= 4 is 40.6 Å². The molecular weight excluding hydrogens is 414 g/mol. The molecule has 0 bridgehead atoms. The second-order valence-corrected chi connectivity index (χ2v) is 7.43. The zero-order valence-electron chi connectivity index (χ0n) is 16.7. The number of imidazole rings is 1. The molecule has 2 heterocycles. The molecule has 0 aliphatic rings. The van der Waals surface area contributed by atoms with Crippen molar-refractivity contribution in [3.05, 3.63) is 94.9 Å². The molecule has 0 atom stereocenters. The fraction of sp³-hybridized carbons (Fsp3) is 0.0870. The minimum atomic E-state index is -0.306. The quantitative estimate of drug-likeness (QED) is 0.419. The molecule has 31 heavy (non-hydrogen) atoms. The van der Waals surface area contributed by atoms with E-state index in [0.717, 1.165) is 11.1 Å². The van der Waals surface area contributed by atoms with Crippen molar-refractivity contribution in [3.63, 3.8) is 0 Å². The Labute approximate surface area is 184 Å². The van der Waals surface area contributed by atoms with Gasteiger partial charge in [-0.2, -0.15) is 0 Å². The fourth-order valence-electron chi connectivity index (χ4n) is 3.10. The molecule has 7 nitrogen and oxygen atoms in total. The highest BCUT2D eigenvalue weighted by atomic mass is 35.5. The lowest BCUT2D eigenvalue weighted by molar-refractivity contribution is 0.102. The Morgan fingerprint density at radius 1 is 1.03 bits per heavy atom. The maximum atomic E-state index is 12.8. The smallest absolute Gasteiger partial charge is 0.319 e. The normalized spacial score (nSPS) is 10.6. The Morgan fingerprint density at radius 2 is 1.84 bits per heavy atom. The summed E-state index contributed by atoms with van der Waals surface area (Å²) in [7, 11) is 0. The Bertz CT molecular complexity index is 1250. The van der Waals surface area contributed by atoms with E-state index in [1.54, 1.807) is 22.7 Å². The van der Waals surface area contributed by atoms with Crippen molar-refractivity contribution in [1.82, 2.24) is 14.7 Å². The molecule has 156 valence electrons. The topological polar surface area (TPSA) is 87.5 Å². The van der Waals surface area contributed by atoms with Gasteiger partial charge in [0.15, 0.2) is 0 Å². The van der Waals surface area contributed by atoms with Crippen molar-refractivity contribution in [2.24, 2.45) is 0 Å². The van der Waals surface area contributed by atoms with E-state index in [-0.39, 0.29) is 11.9 Å². The summed E-state index contributed by atoms with van der Waals surface area (Å²) < 4.78 is 1.65. The van der Waals surface area contributed by atoms with Crippen LogP contribution in [0.2, 0.25) is 5.02 Å². The van der Waals surface area contributed by atoms with Gasteiger partial charge < -0.3 is 16.0 Å². The first-order valence-electron chi connectivity index (χ1n) is 9.63. The molecule has 3 amide bonds. The largest absolute Gasteiger partial charge is 0.334 e. The number of fused-ring (bicyclic) bond motifs is 1. The number of benzene rings is 2. The van der Waals surface area contributed by atoms with Gasteiger partial charge in [0.1, 0.15) is 11.3 Å². The zero-order chi connectivity index (χ0) is 21.8. The number of rotatable bonds is 5. The molecule has 0 fully saturated rings. The molecule has 4 rings (SSSR count). The molecule has 0 saturated carbocycles. The lowest BCUT2D eigenvalue weighted by Gasteiger charge is -2.12. The van der Waals surface area contributed by atoms with Crippen LogP contribution in [-0.4, -0.2) is 21.3 Å². The highest BCUT2D eigenvalue weighted by Gasteiger charge is 2.14. The maximum absolute atomic E-state index is 12.8. The number of carbonyl (C=O) groups is 2. The first-order valence-corrected chi connectivity index (χ1v) is 10.0. The van der Waals surface area contributed by atoms with Gasteiger partial charge in [-0.3, -0.25) is 9.20 Å². The number of hydrogen-bond acceptors (Lipinski definition) is 3. The molecule has 0 spiro atoms. The first kappa shape index (κ1) is 20.4. The molecule has 0 radical (unpaired) electrons. The summed E-state index contributed by atoms with van der Waals surface area (Å²) in [6, 6.07) is 18.0. The van der Waals surface area contributed by atoms with E-state index in [2.05, 4.69) is 20.9 Å². The van der Waals surface area contributed by atoms with Crippen LogP contribution < -0.4 is 16.0 Å². The highest BCUT2D eigenvalue weighted by molar-refractivity contribution is 6.30. The van der Waals surface area contributed by atoms with Crippen LogP contribution in [0.4, 0.5) is 16.2 Å². The van der Waals surface area contributed by atoms with Crippen LogP contribution in [0.5, 0.6) is 0 Å². The fourth-order valence-corrected chi connectivity index (χ4v) is 3.26. The summed E-state index contributed by atoms with van der Waals surface area (Å²) >= 11 is 6.05. The van der Waals surface area contributed by atoms with Crippen LogP contribution in [-0.2, 0) is 6.54 Å². The van der Waals surface area contributed by atoms with Gasteiger partial charge in [0, 0.05) is 24.1 Å². The second-order valence-electron chi connectivity index (χ2n) is 7.00. The molecule has 0 aliphatic carbocycles. The lowest BCUT2D eigenvalue weighted by atomic mass is 10.1. The zero-order valence-corrected chi connectivity index (χ0v) is 17.5. The highest BCUT2D eigenvalue weighted by Crippen LogP contribution is 2.19. The molecule has 2 aromatic heterocycles. The van der Waals surface area contributed by atoms with Crippen LogP contribution in [0.1, 0.15) is 21.6 Å². The average molecular weight is 434 g/mol. The van der Waals surface area contributed by atoms with E-state index < -0.39 is 0 Å².